The van der Waals surface area contributed by atoms with Crippen molar-refractivity contribution in [2.45, 2.75) is 25.5 Å². The lowest BCUT2D eigenvalue weighted by Crippen LogP contribution is -2.46. The molecule has 0 heterocycles. The summed E-state index contributed by atoms with van der Waals surface area (Å²) in [6, 6.07) is 5.77. The first-order valence-electron chi connectivity index (χ1n) is 7.11. The van der Waals surface area contributed by atoms with Gasteiger partial charge >= 0.3 is 0 Å². The topological polar surface area (TPSA) is 54.0 Å². The Hall–Kier alpha value is -1.30. The molecule has 1 aromatic carbocycles. The molecule has 0 radical (unpaired) electrons. The van der Waals surface area contributed by atoms with Crippen LogP contribution in [0.5, 0.6) is 11.5 Å². The highest BCUT2D eigenvalue weighted by molar-refractivity contribution is 5.42. The van der Waals surface area contributed by atoms with Crippen LogP contribution in [0.3, 0.4) is 0 Å². The molecule has 120 valence electrons. The van der Waals surface area contributed by atoms with Crippen LogP contribution in [0.25, 0.3) is 0 Å². The third-order valence-corrected chi connectivity index (χ3v) is 3.35. The van der Waals surface area contributed by atoms with Gasteiger partial charge in [-0.3, -0.25) is 0 Å². The molecule has 0 aliphatic heterocycles. The summed E-state index contributed by atoms with van der Waals surface area (Å²) < 4.78 is 10.7. The molecule has 21 heavy (non-hydrogen) atoms. The maximum absolute atomic E-state index is 10.3. The van der Waals surface area contributed by atoms with Crippen LogP contribution in [-0.2, 0) is 0 Å². The third kappa shape index (κ3) is 5.53. The predicted molar refractivity (Wildman–Crippen MR) is 85.1 cm³/mol. The molecular weight excluding hydrogens is 268 g/mol. The van der Waals surface area contributed by atoms with Gasteiger partial charge in [-0.2, -0.15) is 0 Å². The fourth-order valence-electron chi connectivity index (χ4n) is 2.40. The van der Waals surface area contributed by atoms with Gasteiger partial charge in [0.2, 0.25) is 0 Å². The zero-order valence-corrected chi connectivity index (χ0v) is 13.9. The number of hydrogen-bond acceptors (Lipinski definition) is 5. The highest BCUT2D eigenvalue weighted by Gasteiger charge is 2.23. The number of rotatable bonds is 8. The Bertz CT molecular complexity index is 447. The number of likely N-dealkylation sites (N-methyl/N-ethyl adjacent to an activating group) is 1. The molecule has 0 aliphatic rings. The quantitative estimate of drug-likeness (QED) is 0.764. The fourth-order valence-corrected chi connectivity index (χ4v) is 2.40. The van der Waals surface area contributed by atoms with Crippen molar-refractivity contribution >= 4 is 0 Å². The van der Waals surface area contributed by atoms with Gasteiger partial charge in [-0.15, -0.1) is 0 Å². The predicted octanol–water partition coefficient (Wildman–Crippen LogP) is 1.67. The minimum Gasteiger partial charge on any atom is -0.497 e. The van der Waals surface area contributed by atoms with Gasteiger partial charge in [-0.05, 0) is 46.1 Å². The molecule has 5 heteroatoms. The molecule has 0 bridgehead atoms. The lowest BCUT2D eigenvalue weighted by molar-refractivity contribution is 0.0317. The van der Waals surface area contributed by atoms with E-state index in [9.17, 15) is 5.11 Å². The minimum absolute atomic E-state index is 0.0451. The van der Waals surface area contributed by atoms with Gasteiger partial charge in [-0.25, -0.2) is 0 Å². The largest absolute Gasteiger partial charge is 0.497 e. The van der Waals surface area contributed by atoms with Crippen LogP contribution in [0, 0.1) is 0 Å². The normalized spacial score (nSPS) is 15.6. The number of methoxy groups -OCH3 is 2. The molecule has 2 atom stereocenters. The molecule has 5 nitrogen and oxygen atoms in total. The number of hydrogen-bond donors (Lipinski definition) is 2. The van der Waals surface area contributed by atoms with E-state index in [4.69, 9.17) is 9.47 Å². The lowest BCUT2D eigenvalue weighted by atomic mass is 10.0. The summed E-state index contributed by atoms with van der Waals surface area (Å²) in [4.78, 5) is 1.97. The number of aliphatic hydroxyl groups is 1. The van der Waals surface area contributed by atoms with Crippen LogP contribution >= 0.6 is 0 Å². The molecule has 1 aromatic rings. The molecule has 0 aliphatic carbocycles. The summed E-state index contributed by atoms with van der Waals surface area (Å²) in [6.07, 6.45) is 0. The SMILES string of the molecule is COc1ccc(OC)c(C(C)NCC(C)(O)CN(C)C)c1. The molecule has 0 aromatic heterocycles. The van der Waals surface area contributed by atoms with Crippen LogP contribution < -0.4 is 14.8 Å². The van der Waals surface area contributed by atoms with Crippen molar-refractivity contribution in [1.82, 2.24) is 10.2 Å². The maximum atomic E-state index is 10.3. The molecule has 0 saturated carbocycles. The first-order valence-corrected chi connectivity index (χ1v) is 7.11. The smallest absolute Gasteiger partial charge is 0.123 e. The zero-order valence-electron chi connectivity index (χ0n) is 13.9. The lowest BCUT2D eigenvalue weighted by Gasteiger charge is -2.29. The van der Waals surface area contributed by atoms with Crippen LogP contribution in [0.1, 0.15) is 25.5 Å². The van der Waals surface area contributed by atoms with E-state index in [0.29, 0.717) is 13.1 Å². The van der Waals surface area contributed by atoms with Crippen LogP contribution in [0.2, 0.25) is 0 Å². The zero-order chi connectivity index (χ0) is 16.0. The van der Waals surface area contributed by atoms with E-state index >= 15 is 0 Å². The average Bonchev–Trinajstić information content (AvgIpc) is 2.42. The highest BCUT2D eigenvalue weighted by Crippen LogP contribution is 2.29. The van der Waals surface area contributed by atoms with Crippen LogP contribution in [0.15, 0.2) is 18.2 Å². The van der Waals surface area contributed by atoms with E-state index in [1.807, 2.05) is 51.0 Å². The second-order valence-electron chi connectivity index (χ2n) is 5.95. The summed E-state index contributed by atoms with van der Waals surface area (Å²) in [5, 5.41) is 13.7. The Balaban J connectivity index is 2.77. The summed E-state index contributed by atoms with van der Waals surface area (Å²) in [6.45, 7) is 4.97. The highest BCUT2D eigenvalue weighted by atomic mass is 16.5. The summed E-state index contributed by atoms with van der Waals surface area (Å²) in [5.74, 6) is 1.60. The number of benzene rings is 1. The minimum atomic E-state index is -0.788. The fraction of sp³-hybridized carbons (Fsp3) is 0.625. The molecule has 1 rings (SSSR count). The van der Waals surface area contributed by atoms with Crippen molar-refractivity contribution in [2.24, 2.45) is 0 Å². The average molecular weight is 296 g/mol. The van der Waals surface area contributed by atoms with Gasteiger partial charge in [0.25, 0.3) is 0 Å². The van der Waals surface area contributed by atoms with E-state index in [2.05, 4.69) is 5.32 Å². The molecule has 0 fully saturated rings. The van der Waals surface area contributed by atoms with E-state index in [1.54, 1.807) is 14.2 Å². The van der Waals surface area contributed by atoms with E-state index in [0.717, 1.165) is 17.1 Å². The van der Waals surface area contributed by atoms with E-state index < -0.39 is 5.60 Å². The monoisotopic (exact) mass is 296 g/mol. The summed E-state index contributed by atoms with van der Waals surface area (Å²) >= 11 is 0. The van der Waals surface area contributed by atoms with Gasteiger partial charge in [0, 0.05) is 24.7 Å². The number of ether oxygens (including phenoxy) is 2. The van der Waals surface area contributed by atoms with Crippen molar-refractivity contribution in [3.8, 4) is 11.5 Å². The number of nitrogens with one attached hydrogen (secondary N) is 1. The number of nitrogens with zero attached hydrogens (tertiary/aromatic N) is 1. The first kappa shape index (κ1) is 17.8. The standard InChI is InChI=1S/C16H28N2O3/c1-12(17-10-16(2,19)11-18(3)4)14-9-13(20-5)7-8-15(14)21-6/h7-9,12,17,19H,10-11H2,1-6H3. The van der Waals surface area contributed by atoms with Crippen molar-refractivity contribution < 1.29 is 14.6 Å². The van der Waals surface area contributed by atoms with Gasteiger partial charge < -0.3 is 24.8 Å². The van der Waals surface area contributed by atoms with Crippen molar-refractivity contribution in [2.75, 3.05) is 41.4 Å². The molecule has 0 saturated heterocycles. The second kappa shape index (κ2) is 7.64. The second-order valence-corrected chi connectivity index (χ2v) is 5.95. The molecule has 0 spiro atoms. The summed E-state index contributed by atoms with van der Waals surface area (Å²) in [5.41, 5.74) is 0.224. The van der Waals surface area contributed by atoms with Crippen molar-refractivity contribution in [3.63, 3.8) is 0 Å². The van der Waals surface area contributed by atoms with Gasteiger partial charge in [-0.1, -0.05) is 0 Å². The first-order chi connectivity index (χ1) is 9.79. The maximum Gasteiger partial charge on any atom is 0.123 e. The Labute approximate surface area is 127 Å². The molecule has 0 amide bonds. The summed E-state index contributed by atoms with van der Waals surface area (Å²) in [7, 11) is 7.19. The third-order valence-electron chi connectivity index (χ3n) is 3.35. The Morgan fingerprint density at radius 3 is 2.48 bits per heavy atom. The van der Waals surface area contributed by atoms with Gasteiger partial charge in [0.05, 0.1) is 19.8 Å². The van der Waals surface area contributed by atoms with Gasteiger partial charge in [0.15, 0.2) is 0 Å². The van der Waals surface area contributed by atoms with E-state index in [-0.39, 0.29) is 6.04 Å². The Morgan fingerprint density at radius 1 is 1.29 bits per heavy atom. The van der Waals surface area contributed by atoms with Crippen molar-refractivity contribution in [3.05, 3.63) is 23.8 Å². The van der Waals surface area contributed by atoms with E-state index in [1.165, 1.54) is 0 Å². The van der Waals surface area contributed by atoms with Crippen LogP contribution in [-0.4, -0.2) is 57.0 Å². The molecular formula is C16H28N2O3. The Morgan fingerprint density at radius 2 is 1.95 bits per heavy atom. The Kier molecular flexibility index (Phi) is 6.45. The van der Waals surface area contributed by atoms with Gasteiger partial charge in [0.1, 0.15) is 11.5 Å². The van der Waals surface area contributed by atoms with Crippen LogP contribution in [0.4, 0.5) is 0 Å². The molecule has 2 unspecified atom stereocenters. The molecule has 2 N–H and O–H groups in total. The van der Waals surface area contributed by atoms with Crippen molar-refractivity contribution in [1.29, 1.82) is 0 Å².